The summed E-state index contributed by atoms with van der Waals surface area (Å²) in [6, 6.07) is 7.77. The van der Waals surface area contributed by atoms with Crippen molar-refractivity contribution in [1.29, 1.82) is 0 Å². The largest absolute Gasteiger partial charge is 0.497 e. The number of aliphatic carboxylic acids is 1. The Labute approximate surface area is 106 Å². The van der Waals surface area contributed by atoms with Crippen molar-refractivity contribution in [2.75, 3.05) is 20.2 Å². The molecule has 98 valence electrons. The fourth-order valence-electron chi connectivity index (χ4n) is 2.10. The molecule has 5 heteroatoms. The van der Waals surface area contributed by atoms with Crippen LogP contribution in [0.3, 0.4) is 0 Å². The molecule has 2 rings (SSSR count). The van der Waals surface area contributed by atoms with Gasteiger partial charge in [-0.1, -0.05) is 12.1 Å². The number of methoxy groups -OCH3 is 1. The molecule has 5 nitrogen and oxygen atoms in total. The molecule has 1 aliphatic heterocycles. The fourth-order valence-corrected chi connectivity index (χ4v) is 2.10. The van der Waals surface area contributed by atoms with E-state index in [4.69, 9.17) is 9.84 Å². The van der Waals surface area contributed by atoms with E-state index in [1.807, 2.05) is 24.3 Å². The van der Waals surface area contributed by atoms with Crippen LogP contribution in [0.4, 0.5) is 0 Å². The van der Waals surface area contributed by atoms with E-state index in [1.165, 1.54) is 0 Å². The van der Waals surface area contributed by atoms with Gasteiger partial charge in [0.25, 0.3) is 0 Å². The molecule has 1 aromatic carbocycles. The van der Waals surface area contributed by atoms with Crippen LogP contribution in [0.5, 0.6) is 5.75 Å². The molecule has 0 unspecified atom stereocenters. The van der Waals surface area contributed by atoms with E-state index in [0.29, 0.717) is 19.6 Å². The minimum Gasteiger partial charge on any atom is -0.497 e. The molecule has 0 bridgehead atoms. The lowest BCUT2D eigenvalue weighted by atomic mass is 9.88. The van der Waals surface area contributed by atoms with Gasteiger partial charge < -0.3 is 20.5 Å². The quantitative estimate of drug-likeness (QED) is 0.690. The highest BCUT2D eigenvalue weighted by Crippen LogP contribution is 2.18. The molecule has 3 N–H and O–H groups in total. The molecule has 0 spiro atoms. The van der Waals surface area contributed by atoms with Crippen molar-refractivity contribution < 1.29 is 14.6 Å². The van der Waals surface area contributed by atoms with Gasteiger partial charge in [-0.15, -0.1) is 0 Å². The maximum Gasteiger partial charge on any atom is 0.305 e. The van der Waals surface area contributed by atoms with Crippen molar-refractivity contribution >= 4 is 5.97 Å². The molecule has 1 heterocycles. The summed E-state index contributed by atoms with van der Waals surface area (Å²) in [5, 5.41) is 15.4. The molecule has 0 radical (unpaired) electrons. The normalized spacial score (nSPS) is 16.9. The van der Waals surface area contributed by atoms with Gasteiger partial charge in [-0.05, 0) is 17.7 Å². The predicted molar refractivity (Wildman–Crippen MR) is 67.7 cm³/mol. The maximum absolute atomic E-state index is 10.8. The monoisotopic (exact) mass is 250 g/mol. The standard InChI is InChI=1S/C13H18N2O3/c1-18-11-4-2-3-10(5-11)7-15-13(6-12(16)17)8-14-9-13/h2-5,14-15H,6-9H2,1H3,(H,16,17). The second kappa shape index (κ2) is 5.37. The first kappa shape index (κ1) is 12.9. The summed E-state index contributed by atoms with van der Waals surface area (Å²) in [7, 11) is 1.63. The minimum absolute atomic E-state index is 0.143. The van der Waals surface area contributed by atoms with E-state index in [-0.39, 0.29) is 12.0 Å². The van der Waals surface area contributed by atoms with E-state index in [0.717, 1.165) is 11.3 Å². The van der Waals surface area contributed by atoms with Gasteiger partial charge in [0, 0.05) is 19.6 Å². The number of carboxylic acids is 1. The zero-order chi connectivity index (χ0) is 13.0. The lowest BCUT2D eigenvalue weighted by Gasteiger charge is -2.42. The van der Waals surface area contributed by atoms with Crippen LogP contribution < -0.4 is 15.4 Å². The Balaban J connectivity index is 1.95. The van der Waals surface area contributed by atoms with E-state index in [9.17, 15) is 4.79 Å². The van der Waals surface area contributed by atoms with Gasteiger partial charge in [0.15, 0.2) is 0 Å². The van der Waals surface area contributed by atoms with Gasteiger partial charge in [-0.25, -0.2) is 0 Å². The van der Waals surface area contributed by atoms with E-state index >= 15 is 0 Å². The molecular formula is C13H18N2O3. The highest BCUT2D eigenvalue weighted by atomic mass is 16.5. The number of nitrogens with one attached hydrogen (secondary N) is 2. The molecule has 1 aliphatic rings. The van der Waals surface area contributed by atoms with Crippen LogP contribution in [0.2, 0.25) is 0 Å². The van der Waals surface area contributed by atoms with Gasteiger partial charge in [-0.2, -0.15) is 0 Å². The maximum atomic E-state index is 10.8. The molecule has 18 heavy (non-hydrogen) atoms. The molecule has 1 aromatic rings. The molecule has 0 aromatic heterocycles. The van der Waals surface area contributed by atoms with Crippen molar-refractivity contribution in [3.05, 3.63) is 29.8 Å². The zero-order valence-corrected chi connectivity index (χ0v) is 10.4. The Morgan fingerprint density at radius 3 is 2.89 bits per heavy atom. The van der Waals surface area contributed by atoms with Crippen LogP contribution in [0, 0.1) is 0 Å². The van der Waals surface area contributed by atoms with Gasteiger partial charge in [0.2, 0.25) is 0 Å². The van der Waals surface area contributed by atoms with Crippen LogP contribution in [0.25, 0.3) is 0 Å². The summed E-state index contributed by atoms with van der Waals surface area (Å²) < 4.78 is 5.16. The third-order valence-electron chi connectivity index (χ3n) is 3.22. The Bertz CT molecular complexity index is 430. The molecule has 0 aliphatic carbocycles. The van der Waals surface area contributed by atoms with Crippen molar-refractivity contribution in [3.63, 3.8) is 0 Å². The average Bonchev–Trinajstić information content (AvgIpc) is 2.32. The molecule has 1 fully saturated rings. The van der Waals surface area contributed by atoms with E-state index < -0.39 is 5.97 Å². The first-order valence-electron chi connectivity index (χ1n) is 5.94. The number of hydrogen-bond donors (Lipinski definition) is 3. The van der Waals surface area contributed by atoms with E-state index in [2.05, 4.69) is 10.6 Å². The van der Waals surface area contributed by atoms with Crippen LogP contribution >= 0.6 is 0 Å². The molecule has 0 amide bonds. The topological polar surface area (TPSA) is 70.6 Å². The Morgan fingerprint density at radius 1 is 1.56 bits per heavy atom. The second-order valence-corrected chi connectivity index (χ2v) is 4.66. The third-order valence-corrected chi connectivity index (χ3v) is 3.22. The molecule has 1 saturated heterocycles. The number of rotatable bonds is 6. The van der Waals surface area contributed by atoms with Crippen molar-refractivity contribution in [1.82, 2.24) is 10.6 Å². The average molecular weight is 250 g/mol. The summed E-state index contributed by atoms with van der Waals surface area (Å²) in [6.07, 6.45) is 0.143. The van der Waals surface area contributed by atoms with Crippen LogP contribution in [0.15, 0.2) is 24.3 Å². The molecular weight excluding hydrogens is 232 g/mol. The Kier molecular flexibility index (Phi) is 3.84. The molecule has 0 atom stereocenters. The van der Waals surface area contributed by atoms with Crippen molar-refractivity contribution in [3.8, 4) is 5.75 Å². The first-order valence-corrected chi connectivity index (χ1v) is 5.94. The van der Waals surface area contributed by atoms with E-state index in [1.54, 1.807) is 7.11 Å². The number of carbonyl (C=O) groups is 1. The summed E-state index contributed by atoms with van der Waals surface area (Å²) in [5.74, 6) is 0.0444. The van der Waals surface area contributed by atoms with Crippen molar-refractivity contribution in [2.24, 2.45) is 0 Å². The lowest BCUT2D eigenvalue weighted by Crippen LogP contribution is -2.68. The predicted octanol–water partition coefficient (Wildman–Crippen LogP) is 0.601. The highest BCUT2D eigenvalue weighted by Gasteiger charge is 2.38. The SMILES string of the molecule is COc1cccc(CNC2(CC(=O)O)CNC2)c1. The van der Waals surface area contributed by atoms with Gasteiger partial charge in [0.1, 0.15) is 5.75 Å². The minimum atomic E-state index is -0.769. The lowest BCUT2D eigenvalue weighted by molar-refractivity contribution is -0.139. The van der Waals surface area contributed by atoms with Crippen LogP contribution in [-0.2, 0) is 11.3 Å². The fraction of sp³-hybridized carbons (Fsp3) is 0.462. The van der Waals surface area contributed by atoms with Crippen LogP contribution in [-0.4, -0.2) is 36.8 Å². The third kappa shape index (κ3) is 3.00. The number of benzene rings is 1. The summed E-state index contributed by atoms with van der Waals surface area (Å²) in [4.78, 5) is 10.8. The Morgan fingerprint density at radius 2 is 2.33 bits per heavy atom. The smallest absolute Gasteiger partial charge is 0.305 e. The number of ether oxygens (including phenoxy) is 1. The number of hydrogen-bond acceptors (Lipinski definition) is 4. The van der Waals surface area contributed by atoms with Gasteiger partial charge in [-0.3, -0.25) is 4.79 Å². The van der Waals surface area contributed by atoms with Gasteiger partial charge >= 0.3 is 5.97 Å². The zero-order valence-electron chi connectivity index (χ0n) is 10.4. The highest BCUT2D eigenvalue weighted by molar-refractivity contribution is 5.68. The van der Waals surface area contributed by atoms with Crippen molar-refractivity contribution in [2.45, 2.75) is 18.5 Å². The summed E-state index contributed by atoms with van der Waals surface area (Å²) in [6.45, 7) is 2.04. The first-order chi connectivity index (χ1) is 8.63. The van der Waals surface area contributed by atoms with Crippen LogP contribution in [0.1, 0.15) is 12.0 Å². The Hall–Kier alpha value is -1.59. The van der Waals surface area contributed by atoms with Gasteiger partial charge in [0.05, 0.1) is 19.1 Å². The summed E-state index contributed by atoms with van der Waals surface area (Å²) >= 11 is 0. The molecule has 0 saturated carbocycles. The second-order valence-electron chi connectivity index (χ2n) is 4.66. The number of carboxylic acid groups (broad SMARTS) is 1. The summed E-state index contributed by atoms with van der Waals surface area (Å²) in [5.41, 5.74) is 0.778.